The molecule has 0 unspecified atom stereocenters. The number of rotatable bonds is 6. The molecule has 0 saturated carbocycles. The van der Waals surface area contributed by atoms with E-state index in [1.54, 1.807) is 32.0 Å². The van der Waals surface area contributed by atoms with E-state index in [0.29, 0.717) is 30.0 Å². The Labute approximate surface area is 178 Å². The number of nitrogens with zero attached hydrogens (tertiary/aromatic N) is 2. The van der Waals surface area contributed by atoms with Crippen molar-refractivity contribution in [3.05, 3.63) is 68.8 Å². The van der Waals surface area contributed by atoms with E-state index in [-0.39, 0.29) is 24.4 Å². The molecule has 0 aliphatic carbocycles. The number of nitrogens with one attached hydrogen (secondary N) is 2. The summed E-state index contributed by atoms with van der Waals surface area (Å²) in [6.07, 6.45) is 2.17. The van der Waals surface area contributed by atoms with Crippen molar-refractivity contribution >= 4 is 23.4 Å². The fourth-order valence-corrected chi connectivity index (χ4v) is 4.03. The predicted molar refractivity (Wildman–Crippen MR) is 111 cm³/mol. The smallest absolute Gasteiger partial charge is 0.338 e. The highest BCUT2D eigenvalue weighted by Gasteiger charge is 2.36. The zero-order valence-corrected chi connectivity index (χ0v) is 17.1. The van der Waals surface area contributed by atoms with Gasteiger partial charge in [-0.1, -0.05) is 0 Å². The maximum Gasteiger partial charge on any atom is 0.338 e. The lowest BCUT2D eigenvalue weighted by atomic mass is 9.99. The number of carbonyl (C=O) groups is 2. The summed E-state index contributed by atoms with van der Waals surface area (Å²) in [6, 6.07) is 5.44. The van der Waals surface area contributed by atoms with E-state index in [0.717, 1.165) is 11.3 Å². The van der Waals surface area contributed by atoms with Crippen molar-refractivity contribution in [2.45, 2.75) is 26.3 Å². The Bertz CT molecular complexity index is 1080. The fraction of sp³-hybridized carbons (Fsp3) is 0.333. The molecule has 4 rings (SSSR count). The minimum atomic E-state index is -0.799. The first-order chi connectivity index (χ1) is 14.9. The Balaban J connectivity index is 1.74. The number of benzene rings is 1. The van der Waals surface area contributed by atoms with Crippen LogP contribution in [0, 0.1) is 17.0 Å². The third kappa shape index (κ3) is 3.83. The summed E-state index contributed by atoms with van der Waals surface area (Å²) in [5.41, 5.74) is 2.96. The van der Waals surface area contributed by atoms with Gasteiger partial charge in [0.15, 0.2) is 0 Å². The van der Waals surface area contributed by atoms with Crippen LogP contribution in [0.2, 0.25) is 0 Å². The molecule has 2 aliphatic rings. The zero-order chi connectivity index (χ0) is 22.1. The first-order valence-electron chi connectivity index (χ1n) is 9.93. The van der Waals surface area contributed by atoms with Crippen molar-refractivity contribution in [2.75, 3.05) is 24.6 Å². The zero-order valence-electron chi connectivity index (χ0n) is 17.1. The first-order valence-corrected chi connectivity index (χ1v) is 9.93. The van der Waals surface area contributed by atoms with E-state index in [2.05, 4.69) is 10.6 Å². The molecule has 0 radical (unpaired) electrons. The molecular weight excluding hydrogens is 404 g/mol. The Morgan fingerprint density at radius 3 is 2.90 bits per heavy atom. The minimum Gasteiger partial charge on any atom is -0.467 e. The molecule has 1 aromatic carbocycles. The third-order valence-electron chi connectivity index (χ3n) is 5.41. The van der Waals surface area contributed by atoms with Crippen molar-refractivity contribution in [3.63, 3.8) is 0 Å². The number of carbonyl (C=O) groups excluding carboxylic acids is 2. The predicted octanol–water partition coefficient (Wildman–Crippen LogP) is 2.73. The van der Waals surface area contributed by atoms with Crippen molar-refractivity contribution in [3.8, 4) is 0 Å². The van der Waals surface area contributed by atoms with Gasteiger partial charge in [-0.3, -0.25) is 10.1 Å². The highest BCUT2D eigenvalue weighted by atomic mass is 16.6. The second-order valence-corrected chi connectivity index (χ2v) is 7.36. The summed E-state index contributed by atoms with van der Waals surface area (Å²) in [7, 11) is 0. The van der Waals surface area contributed by atoms with Gasteiger partial charge in [0, 0.05) is 23.9 Å². The number of urea groups is 1. The van der Waals surface area contributed by atoms with Gasteiger partial charge in [-0.25, -0.2) is 9.59 Å². The molecule has 0 bridgehead atoms. The van der Waals surface area contributed by atoms with E-state index >= 15 is 0 Å². The molecule has 0 spiro atoms. The molecule has 10 heteroatoms. The highest BCUT2D eigenvalue weighted by molar-refractivity contribution is 5.95. The fourth-order valence-electron chi connectivity index (χ4n) is 4.03. The quantitative estimate of drug-likeness (QED) is 0.413. The van der Waals surface area contributed by atoms with Gasteiger partial charge in [0.05, 0.1) is 35.6 Å². The maximum absolute atomic E-state index is 12.8. The molecule has 2 N–H and O–H groups in total. The van der Waals surface area contributed by atoms with E-state index in [9.17, 15) is 19.7 Å². The van der Waals surface area contributed by atoms with Crippen molar-refractivity contribution < 1.29 is 23.7 Å². The van der Waals surface area contributed by atoms with Crippen LogP contribution < -0.4 is 15.5 Å². The van der Waals surface area contributed by atoms with Crippen LogP contribution in [0.1, 0.15) is 29.9 Å². The number of hydrogen-bond acceptors (Lipinski definition) is 7. The van der Waals surface area contributed by atoms with Crippen LogP contribution in [0.25, 0.3) is 0 Å². The van der Waals surface area contributed by atoms with Gasteiger partial charge in [-0.15, -0.1) is 0 Å². The Morgan fingerprint density at radius 2 is 2.23 bits per heavy atom. The van der Waals surface area contributed by atoms with Gasteiger partial charge < -0.3 is 24.7 Å². The van der Waals surface area contributed by atoms with E-state index in [1.807, 2.05) is 11.0 Å². The number of fused-ring (bicyclic) bond motifs is 1. The van der Waals surface area contributed by atoms with Crippen LogP contribution in [0.3, 0.4) is 0 Å². The summed E-state index contributed by atoms with van der Waals surface area (Å²) >= 11 is 0. The molecule has 3 heterocycles. The number of aryl methyl sites for hydroxylation is 1. The molecule has 162 valence electrons. The summed E-state index contributed by atoms with van der Waals surface area (Å²) in [4.78, 5) is 38.1. The SMILES string of the molecule is CCOC(=O)C1=C(CN2CCc3cc(C)c([N+](=O)[O-])cc32)NC(=O)N[C@H]1c1ccco1. The molecule has 2 amide bonds. The summed E-state index contributed by atoms with van der Waals surface area (Å²) in [5.74, 6) is -0.163. The maximum atomic E-state index is 12.8. The number of amides is 2. The molecule has 0 fully saturated rings. The number of furan rings is 1. The Hall–Kier alpha value is -3.82. The number of ether oxygens (including phenoxy) is 1. The molecular formula is C21H22N4O6. The van der Waals surface area contributed by atoms with E-state index in [4.69, 9.17) is 9.15 Å². The molecule has 10 nitrogen and oxygen atoms in total. The summed E-state index contributed by atoms with van der Waals surface area (Å²) < 4.78 is 10.7. The second kappa shape index (κ2) is 8.13. The number of esters is 1. The molecule has 2 aliphatic heterocycles. The number of nitro benzene ring substituents is 1. The first kappa shape index (κ1) is 20.5. The van der Waals surface area contributed by atoms with Crippen LogP contribution in [-0.2, 0) is 16.0 Å². The Kier molecular flexibility index (Phi) is 5.37. The second-order valence-electron chi connectivity index (χ2n) is 7.36. The van der Waals surface area contributed by atoms with Crippen molar-refractivity contribution in [2.24, 2.45) is 0 Å². The van der Waals surface area contributed by atoms with Crippen molar-refractivity contribution in [1.29, 1.82) is 0 Å². The molecule has 0 saturated heterocycles. The van der Waals surface area contributed by atoms with Gasteiger partial charge >= 0.3 is 12.0 Å². The normalized spacial score (nSPS) is 17.8. The number of nitro groups is 1. The van der Waals surface area contributed by atoms with Crippen LogP contribution in [0.4, 0.5) is 16.2 Å². The lowest BCUT2D eigenvalue weighted by Crippen LogP contribution is -2.48. The van der Waals surface area contributed by atoms with Crippen LogP contribution in [-0.4, -0.2) is 36.6 Å². The van der Waals surface area contributed by atoms with Gasteiger partial charge in [0.25, 0.3) is 5.69 Å². The monoisotopic (exact) mass is 426 g/mol. The van der Waals surface area contributed by atoms with Crippen LogP contribution in [0.5, 0.6) is 0 Å². The van der Waals surface area contributed by atoms with Crippen LogP contribution >= 0.6 is 0 Å². The van der Waals surface area contributed by atoms with Gasteiger partial charge in [-0.05, 0) is 44.0 Å². The average Bonchev–Trinajstić information content (AvgIpc) is 3.37. The molecule has 2 aromatic rings. The van der Waals surface area contributed by atoms with Crippen molar-refractivity contribution in [1.82, 2.24) is 10.6 Å². The number of hydrogen-bond donors (Lipinski definition) is 2. The Morgan fingerprint density at radius 1 is 1.42 bits per heavy atom. The van der Waals surface area contributed by atoms with Gasteiger partial charge in [0.1, 0.15) is 11.8 Å². The van der Waals surface area contributed by atoms with Crippen LogP contribution in [0.15, 0.2) is 46.2 Å². The summed E-state index contributed by atoms with van der Waals surface area (Å²) in [5, 5.41) is 16.8. The summed E-state index contributed by atoms with van der Waals surface area (Å²) in [6.45, 7) is 4.37. The van der Waals surface area contributed by atoms with Gasteiger partial charge in [-0.2, -0.15) is 0 Å². The number of anilines is 1. The minimum absolute atomic E-state index is 0.0352. The topological polar surface area (TPSA) is 127 Å². The van der Waals surface area contributed by atoms with E-state index < -0.39 is 23.0 Å². The lowest BCUT2D eigenvalue weighted by molar-refractivity contribution is -0.385. The largest absolute Gasteiger partial charge is 0.467 e. The van der Waals surface area contributed by atoms with Gasteiger partial charge in [0.2, 0.25) is 0 Å². The van der Waals surface area contributed by atoms with E-state index in [1.165, 1.54) is 6.26 Å². The average molecular weight is 426 g/mol. The lowest BCUT2D eigenvalue weighted by Gasteiger charge is -2.30. The molecule has 31 heavy (non-hydrogen) atoms. The molecule has 1 atom stereocenters. The molecule has 1 aromatic heterocycles. The standard InChI is InChI=1S/C21H22N4O6/c1-3-30-20(26)18-14(22-21(27)23-19(18)17-5-4-8-31-17)11-24-7-6-13-9-12(2)15(25(28)29)10-16(13)24/h4-5,8-10,19H,3,6-7,11H2,1-2H3,(H2,22,23,27)/t19-/m0/s1. The third-order valence-corrected chi connectivity index (χ3v) is 5.41. The highest BCUT2D eigenvalue weighted by Crippen LogP contribution is 2.36.